The van der Waals surface area contributed by atoms with Gasteiger partial charge in [0.25, 0.3) is 5.91 Å². The number of Topliss-reactive ketones (excluding diaryl/α,β-unsaturated/α-hetero) is 1. The molecule has 4 aliphatic rings. The van der Waals surface area contributed by atoms with Crippen LogP contribution in [-0.4, -0.2) is 41.5 Å². The maximum atomic E-state index is 13.1. The third kappa shape index (κ3) is 4.34. The third-order valence-electron chi connectivity index (χ3n) is 6.16. The first-order chi connectivity index (χ1) is 16.0. The number of rotatable bonds is 9. The lowest BCUT2D eigenvalue weighted by Gasteiger charge is -2.70. The van der Waals surface area contributed by atoms with E-state index in [1.165, 1.54) is 37.4 Å². The molecule has 0 radical (unpaired) electrons. The molecule has 1 amide bonds. The predicted octanol–water partition coefficient (Wildman–Crippen LogP) is 3.79. The molecule has 0 saturated heterocycles. The van der Waals surface area contributed by atoms with E-state index < -0.39 is 12.7 Å². The number of carbonyl (C=O) groups excluding carboxylic acids is 2. The fourth-order valence-corrected chi connectivity index (χ4v) is 5.04. The van der Waals surface area contributed by atoms with Crippen LogP contribution in [0.2, 0.25) is 0 Å². The molecular formula is C23H21F3N2O6. The molecule has 11 heteroatoms. The third-order valence-corrected chi connectivity index (χ3v) is 6.16. The number of amides is 1. The van der Waals surface area contributed by atoms with Crippen molar-refractivity contribution < 1.29 is 41.7 Å². The molecule has 1 atom stereocenters. The SMILES string of the molecule is CC(F)Oc1ccc(C(=O)CC23CC(NC(=O)COc4ccc5c(c4)OC(F)(F)O5)(C2)C3)cn1. The average molecular weight is 478 g/mol. The van der Waals surface area contributed by atoms with Gasteiger partial charge in [-0.25, -0.2) is 9.37 Å². The van der Waals surface area contributed by atoms with E-state index in [2.05, 4.69) is 19.8 Å². The van der Waals surface area contributed by atoms with Gasteiger partial charge in [0.2, 0.25) is 12.2 Å². The van der Waals surface area contributed by atoms with E-state index in [-0.39, 0.29) is 52.4 Å². The van der Waals surface area contributed by atoms with Crippen LogP contribution < -0.4 is 24.3 Å². The van der Waals surface area contributed by atoms with Crippen molar-refractivity contribution in [2.75, 3.05) is 6.61 Å². The maximum Gasteiger partial charge on any atom is 0.586 e. The Morgan fingerprint density at radius 1 is 1.15 bits per heavy atom. The number of ether oxygens (including phenoxy) is 4. The Balaban J connectivity index is 1.07. The number of fused-ring (bicyclic) bond motifs is 1. The van der Waals surface area contributed by atoms with E-state index in [4.69, 9.17) is 9.47 Å². The van der Waals surface area contributed by atoms with Crippen LogP contribution >= 0.6 is 0 Å². The van der Waals surface area contributed by atoms with Gasteiger partial charge in [-0.15, -0.1) is 8.78 Å². The van der Waals surface area contributed by atoms with Crippen molar-refractivity contribution in [3.05, 3.63) is 42.1 Å². The fourth-order valence-electron chi connectivity index (χ4n) is 5.04. The highest BCUT2D eigenvalue weighted by Gasteiger charge is 2.68. The predicted molar refractivity (Wildman–Crippen MR) is 110 cm³/mol. The molecule has 8 nitrogen and oxygen atoms in total. The van der Waals surface area contributed by atoms with Crippen LogP contribution in [0.3, 0.4) is 0 Å². The number of ketones is 1. The Bertz CT molecular complexity index is 1120. The van der Waals surface area contributed by atoms with E-state index in [1.807, 2.05) is 0 Å². The minimum atomic E-state index is -3.72. The molecule has 2 aromatic rings. The first kappa shape index (κ1) is 22.3. The van der Waals surface area contributed by atoms with Crippen LogP contribution in [0, 0.1) is 5.41 Å². The number of hydrogen-bond donors (Lipinski definition) is 1. The molecule has 2 bridgehead atoms. The lowest BCUT2D eigenvalue weighted by Crippen LogP contribution is -2.75. The molecule has 3 saturated carbocycles. The molecule has 3 fully saturated rings. The van der Waals surface area contributed by atoms with Gasteiger partial charge in [-0.1, -0.05) is 0 Å². The number of aromatic nitrogens is 1. The highest BCUT2D eigenvalue weighted by molar-refractivity contribution is 5.96. The van der Waals surface area contributed by atoms with E-state index in [0.29, 0.717) is 31.2 Å². The number of nitrogens with one attached hydrogen (secondary N) is 1. The summed E-state index contributed by atoms with van der Waals surface area (Å²) in [5, 5.41) is 2.94. The monoisotopic (exact) mass is 478 g/mol. The van der Waals surface area contributed by atoms with Crippen molar-refractivity contribution in [2.24, 2.45) is 5.41 Å². The molecular weight excluding hydrogens is 457 g/mol. The smallest absolute Gasteiger partial charge is 0.484 e. The summed E-state index contributed by atoms with van der Waals surface area (Å²) < 4.78 is 57.9. The molecule has 1 aromatic heterocycles. The van der Waals surface area contributed by atoms with Crippen LogP contribution in [0.4, 0.5) is 13.2 Å². The summed E-state index contributed by atoms with van der Waals surface area (Å²) >= 11 is 0. The second kappa shape index (κ2) is 7.78. The van der Waals surface area contributed by atoms with Gasteiger partial charge in [0, 0.05) is 42.8 Å². The van der Waals surface area contributed by atoms with Crippen molar-refractivity contribution in [3.8, 4) is 23.1 Å². The zero-order valence-electron chi connectivity index (χ0n) is 18.1. The summed E-state index contributed by atoms with van der Waals surface area (Å²) in [4.78, 5) is 28.9. The van der Waals surface area contributed by atoms with Crippen molar-refractivity contribution in [3.63, 3.8) is 0 Å². The van der Waals surface area contributed by atoms with Gasteiger partial charge in [0.1, 0.15) is 5.75 Å². The van der Waals surface area contributed by atoms with Crippen LogP contribution in [-0.2, 0) is 4.79 Å². The molecule has 0 spiro atoms. The van der Waals surface area contributed by atoms with Gasteiger partial charge in [-0.3, -0.25) is 9.59 Å². The molecule has 6 rings (SSSR count). The highest BCUT2D eigenvalue weighted by atomic mass is 19.3. The summed E-state index contributed by atoms with van der Waals surface area (Å²) in [7, 11) is 0. The summed E-state index contributed by atoms with van der Waals surface area (Å²) in [6.45, 7) is 0.951. The van der Waals surface area contributed by atoms with E-state index in [1.54, 1.807) is 6.07 Å². The van der Waals surface area contributed by atoms with E-state index in [0.717, 1.165) is 0 Å². The number of halogens is 3. The van der Waals surface area contributed by atoms with Gasteiger partial charge in [-0.2, -0.15) is 0 Å². The minimum absolute atomic E-state index is 0.0660. The van der Waals surface area contributed by atoms with E-state index >= 15 is 0 Å². The summed E-state index contributed by atoms with van der Waals surface area (Å²) in [5.74, 6) is -0.373. The molecule has 1 aliphatic heterocycles. The topological polar surface area (TPSA) is 96.0 Å². The van der Waals surface area contributed by atoms with Crippen LogP contribution in [0.1, 0.15) is 43.0 Å². The van der Waals surface area contributed by atoms with Crippen molar-refractivity contribution in [1.29, 1.82) is 0 Å². The largest absolute Gasteiger partial charge is 0.586 e. The lowest BCUT2D eigenvalue weighted by atomic mass is 9.38. The molecule has 1 unspecified atom stereocenters. The quantitative estimate of drug-likeness (QED) is 0.548. The van der Waals surface area contributed by atoms with Gasteiger partial charge < -0.3 is 24.3 Å². The lowest BCUT2D eigenvalue weighted by molar-refractivity contribution is -0.286. The first-order valence-electron chi connectivity index (χ1n) is 10.7. The minimum Gasteiger partial charge on any atom is -0.484 e. The fraction of sp³-hybridized carbons (Fsp3) is 0.435. The standard InChI is InChI=1S/C23H21F3N2O6/c1-13(24)32-20-5-2-14(8-27-20)16(29)7-21-10-22(11-21,12-21)28-19(30)9-31-15-3-4-17-18(6-15)34-23(25,26)33-17/h2-6,8,13H,7,9-12H2,1H3,(H,28,30). The average Bonchev–Trinajstić information content (AvgIpc) is 3.02. The number of benzene rings is 1. The molecule has 3 aliphatic carbocycles. The summed E-state index contributed by atoms with van der Waals surface area (Å²) in [6, 6.07) is 6.94. The number of hydrogen-bond acceptors (Lipinski definition) is 7. The summed E-state index contributed by atoms with van der Waals surface area (Å²) in [6.07, 6.45) is -1.44. The Morgan fingerprint density at radius 2 is 1.88 bits per heavy atom. The molecule has 34 heavy (non-hydrogen) atoms. The number of nitrogens with zero attached hydrogens (tertiary/aromatic N) is 1. The van der Waals surface area contributed by atoms with Gasteiger partial charge in [-0.05, 0) is 42.9 Å². The van der Waals surface area contributed by atoms with E-state index in [9.17, 15) is 22.8 Å². The Labute approximate surface area is 192 Å². The zero-order valence-corrected chi connectivity index (χ0v) is 18.1. The Kier molecular flexibility index (Phi) is 5.10. The molecule has 1 N–H and O–H groups in total. The number of alkyl halides is 3. The van der Waals surface area contributed by atoms with Crippen molar-refractivity contribution in [2.45, 2.75) is 50.8 Å². The number of carbonyl (C=O) groups is 2. The Morgan fingerprint density at radius 3 is 2.56 bits per heavy atom. The van der Waals surface area contributed by atoms with Crippen LogP contribution in [0.25, 0.3) is 0 Å². The second-order valence-electron chi connectivity index (χ2n) is 9.07. The van der Waals surface area contributed by atoms with Gasteiger partial charge in [0.05, 0.1) is 0 Å². The van der Waals surface area contributed by atoms with Crippen molar-refractivity contribution >= 4 is 11.7 Å². The Hall–Kier alpha value is -3.50. The highest BCUT2D eigenvalue weighted by Crippen LogP contribution is 2.69. The van der Waals surface area contributed by atoms with Crippen LogP contribution in [0.15, 0.2) is 36.5 Å². The van der Waals surface area contributed by atoms with Gasteiger partial charge >= 0.3 is 6.29 Å². The summed E-state index contributed by atoms with van der Waals surface area (Å²) in [5.41, 5.74) is -0.0575. The normalized spacial score (nSPS) is 26.0. The first-order valence-corrected chi connectivity index (χ1v) is 10.7. The maximum absolute atomic E-state index is 13.1. The van der Waals surface area contributed by atoms with Crippen LogP contribution in [0.5, 0.6) is 23.1 Å². The molecule has 2 heterocycles. The molecule has 180 valence electrons. The van der Waals surface area contributed by atoms with Gasteiger partial charge in [0.15, 0.2) is 23.9 Å². The molecule has 1 aromatic carbocycles. The van der Waals surface area contributed by atoms with Crippen molar-refractivity contribution in [1.82, 2.24) is 10.3 Å². The number of pyridine rings is 1. The zero-order chi connectivity index (χ0) is 24.1. The second-order valence-corrected chi connectivity index (χ2v) is 9.07.